The SMILES string of the molecule is CCCCCOc1ccc(C(=O)/C(C)=[N+](\[O-])C/C(=N\O)c2ccccc2)cc1. The van der Waals surface area contributed by atoms with Gasteiger partial charge in [-0.3, -0.25) is 4.79 Å². The maximum Gasteiger partial charge on any atom is 0.252 e. The molecule has 28 heavy (non-hydrogen) atoms. The van der Waals surface area contributed by atoms with Gasteiger partial charge in [0.2, 0.25) is 5.71 Å². The average Bonchev–Trinajstić information content (AvgIpc) is 2.75. The van der Waals surface area contributed by atoms with Crippen molar-refractivity contribution in [3.63, 3.8) is 0 Å². The van der Waals surface area contributed by atoms with E-state index in [4.69, 9.17) is 4.74 Å². The summed E-state index contributed by atoms with van der Waals surface area (Å²) in [4.78, 5) is 12.6. The molecular formula is C22H26N2O4. The zero-order chi connectivity index (χ0) is 20.4. The van der Waals surface area contributed by atoms with Crippen molar-refractivity contribution >= 4 is 17.2 Å². The smallest absolute Gasteiger partial charge is 0.252 e. The maximum atomic E-state index is 12.6. The molecule has 148 valence electrons. The Kier molecular flexibility index (Phi) is 8.21. The van der Waals surface area contributed by atoms with Crippen LogP contribution >= 0.6 is 0 Å². The third-order valence-electron chi connectivity index (χ3n) is 4.36. The molecule has 0 atom stereocenters. The molecule has 0 saturated heterocycles. The van der Waals surface area contributed by atoms with Gasteiger partial charge in [-0.1, -0.05) is 55.3 Å². The number of unbranched alkanes of at least 4 members (excludes halogenated alkanes) is 2. The lowest BCUT2D eigenvalue weighted by molar-refractivity contribution is -0.439. The van der Waals surface area contributed by atoms with Crippen molar-refractivity contribution in [2.45, 2.75) is 33.1 Å². The van der Waals surface area contributed by atoms with Gasteiger partial charge in [0.05, 0.1) is 6.61 Å². The number of ketones is 1. The summed E-state index contributed by atoms with van der Waals surface area (Å²) in [5.41, 5.74) is 1.24. The van der Waals surface area contributed by atoms with E-state index in [2.05, 4.69) is 12.1 Å². The third-order valence-corrected chi connectivity index (χ3v) is 4.36. The predicted octanol–water partition coefficient (Wildman–Crippen LogP) is 4.29. The fourth-order valence-corrected chi connectivity index (χ4v) is 2.63. The van der Waals surface area contributed by atoms with E-state index in [1.165, 1.54) is 6.92 Å². The second-order valence-corrected chi connectivity index (χ2v) is 6.44. The Morgan fingerprint density at radius 1 is 1.07 bits per heavy atom. The number of hydrogen-bond acceptors (Lipinski definition) is 5. The summed E-state index contributed by atoms with van der Waals surface area (Å²) in [5, 5.41) is 24.8. The van der Waals surface area contributed by atoms with Crippen LogP contribution in [0.4, 0.5) is 0 Å². The minimum Gasteiger partial charge on any atom is -0.623 e. The Labute approximate surface area is 165 Å². The highest BCUT2D eigenvalue weighted by atomic mass is 16.5. The van der Waals surface area contributed by atoms with Crippen molar-refractivity contribution in [2.24, 2.45) is 5.16 Å². The standard InChI is InChI=1S/C22H26N2O4/c1-3-4-8-15-28-20-13-11-19(12-14-20)22(25)17(2)24(27)16-21(23-26)18-9-6-5-7-10-18/h5-7,9-14,26H,3-4,8,15-16H2,1-2H3/b23-21+,24-17-. The van der Waals surface area contributed by atoms with Gasteiger partial charge in [-0.2, -0.15) is 4.74 Å². The van der Waals surface area contributed by atoms with Crippen LogP contribution in [-0.4, -0.2) is 40.3 Å². The quantitative estimate of drug-likeness (QED) is 0.126. The first-order valence-electron chi connectivity index (χ1n) is 9.39. The molecule has 0 bridgehead atoms. The molecule has 0 amide bonds. The predicted molar refractivity (Wildman–Crippen MR) is 110 cm³/mol. The number of nitrogens with zero attached hydrogens (tertiary/aromatic N) is 2. The lowest BCUT2D eigenvalue weighted by Crippen LogP contribution is -2.27. The number of ether oxygens (including phenoxy) is 1. The molecule has 0 fully saturated rings. The monoisotopic (exact) mass is 382 g/mol. The summed E-state index contributed by atoms with van der Waals surface area (Å²) in [6.45, 7) is 4.01. The summed E-state index contributed by atoms with van der Waals surface area (Å²) < 4.78 is 6.17. The Morgan fingerprint density at radius 2 is 1.75 bits per heavy atom. The summed E-state index contributed by atoms with van der Waals surface area (Å²) in [5.74, 6) is 0.320. The molecule has 6 nitrogen and oxygen atoms in total. The molecule has 0 aliphatic heterocycles. The second-order valence-electron chi connectivity index (χ2n) is 6.44. The van der Waals surface area contributed by atoms with Crippen molar-refractivity contribution in [2.75, 3.05) is 13.2 Å². The molecule has 6 heteroatoms. The van der Waals surface area contributed by atoms with Gasteiger partial charge in [0.15, 0.2) is 12.3 Å². The number of benzene rings is 2. The molecule has 0 aliphatic rings. The summed E-state index contributed by atoms with van der Waals surface area (Å²) >= 11 is 0. The topological polar surface area (TPSA) is 85.0 Å². The number of Topliss-reactive ketones (excluding diaryl/α,β-unsaturated/α-hetero) is 1. The van der Waals surface area contributed by atoms with Crippen LogP contribution in [0.5, 0.6) is 5.75 Å². The zero-order valence-corrected chi connectivity index (χ0v) is 16.3. The summed E-state index contributed by atoms with van der Waals surface area (Å²) in [6.07, 6.45) is 3.24. The minimum atomic E-state index is -0.377. The largest absolute Gasteiger partial charge is 0.623 e. The van der Waals surface area contributed by atoms with Gasteiger partial charge in [0, 0.05) is 18.1 Å². The van der Waals surface area contributed by atoms with E-state index in [-0.39, 0.29) is 23.8 Å². The first kappa shape index (κ1) is 21.2. The lowest BCUT2D eigenvalue weighted by Gasteiger charge is -2.10. The van der Waals surface area contributed by atoms with Gasteiger partial charge < -0.3 is 15.2 Å². The van der Waals surface area contributed by atoms with Gasteiger partial charge >= 0.3 is 0 Å². The van der Waals surface area contributed by atoms with E-state index in [1.807, 2.05) is 6.07 Å². The van der Waals surface area contributed by atoms with Crippen molar-refractivity contribution in [1.82, 2.24) is 0 Å². The van der Waals surface area contributed by atoms with Gasteiger partial charge in [0.1, 0.15) is 5.75 Å². The molecule has 0 saturated carbocycles. The number of carbonyl (C=O) groups excluding carboxylic acids is 1. The van der Waals surface area contributed by atoms with Crippen LogP contribution in [0.2, 0.25) is 0 Å². The van der Waals surface area contributed by atoms with E-state index >= 15 is 0 Å². The fourth-order valence-electron chi connectivity index (χ4n) is 2.63. The Balaban J connectivity index is 2.05. The van der Waals surface area contributed by atoms with Crippen molar-refractivity contribution in [3.8, 4) is 5.75 Å². The van der Waals surface area contributed by atoms with E-state index < -0.39 is 0 Å². The van der Waals surface area contributed by atoms with Crippen LogP contribution in [0.1, 0.15) is 49.0 Å². The molecule has 0 aromatic heterocycles. The Bertz CT molecular complexity index is 827. The molecular weight excluding hydrogens is 356 g/mol. The van der Waals surface area contributed by atoms with E-state index in [1.54, 1.807) is 48.5 Å². The number of carbonyl (C=O) groups is 1. The van der Waals surface area contributed by atoms with Gasteiger partial charge in [-0.05, 0) is 30.7 Å². The number of oxime groups is 1. The molecule has 2 aromatic carbocycles. The van der Waals surface area contributed by atoms with Crippen LogP contribution in [0.3, 0.4) is 0 Å². The van der Waals surface area contributed by atoms with Crippen LogP contribution in [0.15, 0.2) is 59.8 Å². The van der Waals surface area contributed by atoms with Gasteiger partial charge in [-0.15, -0.1) is 0 Å². The molecule has 0 aliphatic carbocycles. The molecule has 1 N–H and O–H groups in total. The van der Waals surface area contributed by atoms with Crippen LogP contribution in [0.25, 0.3) is 0 Å². The number of rotatable bonds is 10. The highest BCUT2D eigenvalue weighted by Crippen LogP contribution is 2.14. The first-order valence-corrected chi connectivity index (χ1v) is 9.39. The van der Waals surface area contributed by atoms with Gasteiger partial charge in [-0.25, -0.2) is 0 Å². The highest BCUT2D eigenvalue weighted by molar-refractivity contribution is 6.43. The second kappa shape index (κ2) is 10.9. The average molecular weight is 382 g/mol. The van der Waals surface area contributed by atoms with Crippen LogP contribution in [-0.2, 0) is 0 Å². The van der Waals surface area contributed by atoms with Crippen LogP contribution in [0, 0.1) is 5.21 Å². The Hall–Kier alpha value is -3.15. The van der Waals surface area contributed by atoms with Crippen molar-refractivity contribution in [1.29, 1.82) is 0 Å². The molecule has 0 radical (unpaired) electrons. The molecule has 0 heterocycles. The van der Waals surface area contributed by atoms with E-state index in [9.17, 15) is 15.2 Å². The molecule has 0 spiro atoms. The summed E-state index contributed by atoms with van der Waals surface area (Å²) in [6, 6.07) is 15.6. The van der Waals surface area contributed by atoms with E-state index in [0.29, 0.717) is 28.2 Å². The van der Waals surface area contributed by atoms with Crippen LogP contribution < -0.4 is 4.74 Å². The normalized spacial score (nSPS) is 12.4. The van der Waals surface area contributed by atoms with Gasteiger partial charge in [0.25, 0.3) is 5.78 Å². The zero-order valence-electron chi connectivity index (χ0n) is 16.3. The molecule has 2 rings (SSSR count). The van der Waals surface area contributed by atoms with Crippen molar-refractivity contribution in [3.05, 3.63) is 70.9 Å². The maximum absolute atomic E-state index is 12.6. The minimum absolute atomic E-state index is 0.0219. The first-order chi connectivity index (χ1) is 13.6. The number of hydrogen-bond donors (Lipinski definition) is 1. The third kappa shape index (κ3) is 5.94. The van der Waals surface area contributed by atoms with Crippen molar-refractivity contribution < 1.29 is 19.5 Å². The summed E-state index contributed by atoms with van der Waals surface area (Å²) in [7, 11) is 0. The molecule has 2 aromatic rings. The lowest BCUT2D eigenvalue weighted by atomic mass is 10.1. The van der Waals surface area contributed by atoms with E-state index in [0.717, 1.165) is 19.3 Å². The fraction of sp³-hybridized carbons (Fsp3) is 0.318. The Morgan fingerprint density at radius 3 is 2.36 bits per heavy atom. The highest BCUT2D eigenvalue weighted by Gasteiger charge is 2.19. The molecule has 0 unspecified atom stereocenters. The number of hydroxylamine groups is 1.